The molecule has 0 unspecified atom stereocenters. The lowest BCUT2D eigenvalue weighted by Gasteiger charge is -2.13. The second-order valence-corrected chi connectivity index (χ2v) is 5.40. The normalized spacial score (nSPS) is 12.4. The maximum atomic E-state index is 10.1. The summed E-state index contributed by atoms with van der Waals surface area (Å²) in [7, 11) is 1.64. The van der Waals surface area contributed by atoms with E-state index in [2.05, 4.69) is 4.98 Å². The summed E-state index contributed by atoms with van der Waals surface area (Å²) in [6.45, 7) is 1.20. The van der Waals surface area contributed by atoms with Crippen LogP contribution in [0.5, 0.6) is 5.75 Å². The fraction of sp³-hybridized carbons (Fsp3) is 0.278. The first kappa shape index (κ1) is 15.5. The largest absolute Gasteiger partial charge is 0.497 e. The van der Waals surface area contributed by atoms with Crippen molar-refractivity contribution in [3.63, 3.8) is 0 Å². The first-order chi connectivity index (χ1) is 11.3. The molecule has 0 amide bonds. The van der Waals surface area contributed by atoms with Gasteiger partial charge in [0.1, 0.15) is 5.75 Å². The number of hydrogen-bond acceptors (Lipinski definition) is 4. The fourth-order valence-electron chi connectivity index (χ4n) is 2.47. The number of para-hydroxylation sites is 2. The molecular formula is C18H20N2O3. The SMILES string of the molecule is COc1ccc(COC[C@@H](O)Cn2cnc3ccccc32)cc1. The molecule has 5 heteroatoms. The average molecular weight is 312 g/mol. The minimum atomic E-state index is -0.578. The Morgan fingerprint density at radius 2 is 1.91 bits per heavy atom. The first-order valence-electron chi connectivity index (χ1n) is 7.55. The highest BCUT2D eigenvalue weighted by Crippen LogP contribution is 2.13. The molecule has 3 aromatic rings. The number of ether oxygens (including phenoxy) is 2. The molecule has 1 N–H and O–H groups in total. The van der Waals surface area contributed by atoms with Crippen molar-refractivity contribution >= 4 is 11.0 Å². The molecule has 0 bridgehead atoms. The average Bonchev–Trinajstić information content (AvgIpc) is 2.99. The number of imidazole rings is 1. The van der Waals surface area contributed by atoms with Crippen LogP contribution >= 0.6 is 0 Å². The third-order valence-electron chi connectivity index (χ3n) is 3.67. The molecule has 0 aliphatic heterocycles. The molecule has 1 atom stereocenters. The molecule has 2 aromatic carbocycles. The lowest BCUT2D eigenvalue weighted by Crippen LogP contribution is -2.21. The van der Waals surface area contributed by atoms with Crippen LogP contribution in [0.4, 0.5) is 0 Å². The van der Waals surface area contributed by atoms with Gasteiger partial charge in [0.2, 0.25) is 0 Å². The van der Waals surface area contributed by atoms with Crippen LogP contribution in [0.2, 0.25) is 0 Å². The van der Waals surface area contributed by atoms with Crippen molar-refractivity contribution in [2.45, 2.75) is 19.3 Å². The van der Waals surface area contributed by atoms with E-state index < -0.39 is 6.10 Å². The molecule has 23 heavy (non-hydrogen) atoms. The number of nitrogens with zero attached hydrogens (tertiary/aromatic N) is 2. The van der Waals surface area contributed by atoms with Crippen molar-refractivity contribution in [2.24, 2.45) is 0 Å². The number of aliphatic hydroxyl groups is 1. The summed E-state index contributed by atoms with van der Waals surface area (Å²) in [5.41, 5.74) is 2.99. The van der Waals surface area contributed by atoms with Gasteiger partial charge < -0.3 is 19.1 Å². The van der Waals surface area contributed by atoms with Gasteiger partial charge in [-0.1, -0.05) is 24.3 Å². The molecular weight excluding hydrogens is 292 g/mol. The number of rotatable bonds is 7. The Balaban J connectivity index is 1.50. The first-order valence-corrected chi connectivity index (χ1v) is 7.55. The van der Waals surface area contributed by atoms with E-state index in [0.717, 1.165) is 22.3 Å². The molecule has 0 saturated carbocycles. The maximum Gasteiger partial charge on any atom is 0.118 e. The van der Waals surface area contributed by atoms with Crippen molar-refractivity contribution in [3.05, 3.63) is 60.4 Å². The number of fused-ring (bicyclic) bond motifs is 1. The minimum absolute atomic E-state index is 0.276. The van der Waals surface area contributed by atoms with Crippen molar-refractivity contribution < 1.29 is 14.6 Å². The molecule has 1 aromatic heterocycles. The molecule has 1 heterocycles. The third kappa shape index (κ3) is 3.88. The van der Waals surface area contributed by atoms with Gasteiger partial charge in [-0.25, -0.2) is 4.98 Å². The molecule has 0 saturated heterocycles. The van der Waals surface area contributed by atoms with Gasteiger partial charge in [0.25, 0.3) is 0 Å². The van der Waals surface area contributed by atoms with Gasteiger partial charge in [0.15, 0.2) is 0 Å². The zero-order valence-corrected chi connectivity index (χ0v) is 13.1. The van der Waals surface area contributed by atoms with Crippen molar-refractivity contribution in [1.29, 1.82) is 0 Å². The van der Waals surface area contributed by atoms with E-state index in [1.807, 2.05) is 53.1 Å². The summed E-state index contributed by atoms with van der Waals surface area (Å²) < 4.78 is 12.6. The Kier molecular flexibility index (Phi) is 4.90. The molecule has 5 nitrogen and oxygen atoms in total. The zero-order chi connectivity index (χ0) is 16.1. The summed E-state index contributed by atoms with van der Waals surface area (Å²) in [6.07, 6.45) is 1.17. The van der Waals surface area contributed by atoms with Gasteiger partial charge in [0, 0.05) is 0 Å². The molecule has 120 valence electrons. The molecule has 0 radical (unpaired) electrons. The van der Waals surface area contributed by atoms with Crippen LogP contribution < -0.4 is 4.74 Å². The van der Waals surface area contributed by atoms with Gasteiger partial charge in [-0.2, -0.15) is 0 Å². The summed E-state index contributed by atoms with van der Waals surface area (Å²) in [4.78, 5) is 4.32. The molecule has 0 aliphatic rings. The third-order valence-corrected chi connectivity index (χ3v) is 3.67. The second kappa shape index (κ2) is 7.26. The molecule has 0 spiro atoms. The summed E-state index contributed by atoms with van der Waals surface area (Å²) >= 11 is 0. The Bertz CT molecular complexity index is 752. The van der Waals surface area contributed by atoms with Crippen LogP contribution in [0.3, 0.4) is 0 Å². The molecule has 0 fully saturated rings. The number of aromatic nitrogens is 2. The highest BCUT2D eigenvalue weighted by atomic mass is 16.5. The number of methoxy groups -OCH3 is 1. The summed E-state index contributed by atoms with van der Waals surface area (Å²) in [5.74, 6) is 0.820. The number of hydrogen-bond donors (Lipinski definition) is 1. The van der Waals surface area contributed by atoms with Gasteiger partial charge in [-0.3, -0.25) is 0 Å². The monoisotopic (exact) mass is 312 g/mol. The quantitative estimate of drug-likeness (QED) is 0.728. The molecule has 0 aliphatic carbocycles. The highest BCUT2D eigenvalue weighted by Gasteiger charge is 2.08. The van der Waals surface area contributed by atoms with Crippen LogP contribution in [-0.2, 0) is 17.9 Å². The van der Waals surface area contributed by atoms with Crippen molar-refractivity contribution in [3.8, 4) is 5.75 Å². The van der Waals surface area contributed by atoms with Crippen LogP contribution in [0.15, 0.2) is 54.9 Å². The van der Waals surface area contributed by atoms with E-state index in [4.69, 9.17) is 9.47 Å². The topological polar surface area (TPSA) is 56.5 Å². The predicted octanol–water partition coefficient (Wildman–Crippen LogP) is 2.62. The van der Waals surface area contributed by atoms with Crippen molar-refractivity contribution in [1.82, 2.24) is 9.55 Å². The number of benzene rings is 2. The van der Waals surface area contributed by atoms with E-state index in [-0.39, 0.29) is 6.61 Å². The van der Waals surface area contributed by atoms with E-state index in [9.17, 15) is 5.11 Å². The lowest BCUT2D eigenvalue weighted by atomic mass is 10.2. The Morgan fingerprint density at radius 1 is 1.13 bits per heavy atom. The number of aliphatic hydroxyl groups excluding tert-OH is 1. The highest BCUT2D eigenvalue weighted by molar-refractivity contribution is 5.74. The predicted molar refractivity (Wildman–Crippen MR) is 88.4 cm³/mol. The lowest BCUT2D eigenvalue weighted by molar-refractivity contribution is 0.0208. The Labute approximate surface area is 135 Å². The van der Waals surface area contributed by atoms with E-state index in [1.165, 1.54) is 0 Å². The van der Waals surface area contributed by atoms with Gasteiger partial charge in [-0.05, 0) is 29.8 Å². The second-order valence-electron chi connectivity index (χ2n) is 5.40. The van der Waals surface area contributed by atoms with Crippen LogP contribution in [-0.4, -0.2) is 34.5 Å². The zero-order valence-electron chi connectivity index (χ0n) is 13.1. The van der Waals surface area contributed by atoms with E-state index >= 15 is 0 Å². The van der Waals surface area contributed by atoms with E-state index in [0.29, 0.717) is 13.2 Å². The molecule has 3 rings (SSSR count). The van der Waals surface area contributed by atoms with E-state index in [1.54, 1.807) is 13.4 Å². The van der Waals surface area contributed by atoms with Gasteiger partial charge in [-0.15, -0.1) is 0 Å². The van der Waals surface area contributed by atoms with Crippen LogP contribution in [0.25, 0.3) is 11.0 Å². The standard InChI is InChI=1S/C18H20N2O3/c1-22-16-8-6-14(7-9-16)11-23-12-15(21)10-20-13-19-17-4-2-3-5-18(17)20/h2-9,13,15,21H,10-12H2,1H3/t15-/m0/s1. The fourth-order valence-corrected chi connectivity index (χ4v) is 2.47. The van der Waals surface area contributed by atoms with Crippen molar-refractivity contribution in [2.75, 3.05) is 13.7 Å². The Morgan fingerprint density at radius 3 is 2.70 bits per heavy atom. The van der Waals surface area contributed by atoms with Gasteiger partial charge in [0.05, 0.1) is 50.3 Å². The summed E-state index contributed by atoms with van der Waals surface area (Å²) in [5, 5.41) is 10.1. The smallest absolute Gasteiger partial charge is 0.118 e. The van der Waals surface area contributed by atoms with Crippen LogP contribution in [0.1, 0.15) is 5.56 Å². The van der Waals surface area contributed by atoms with Gasteiger partial charge >= 0.3 is 0 Å². The summed E-state index contributed by atoms with van der Waals surface area (Å²) in [6, 6.07) is 15.6. The maximum absolute atomic E-state index is 10.1. The minimum Gasteiger partial charge on any atom is -0.497 e. The Hall–Kier alpha value is -2.37. The van der Waals surface area contributed by atoms with Crippen LogP contribution in [0, 0.1) is 0 Å².